The lowest BCUT2D eigenvalue weighted by molar-refractivity contribution is 0.589. The van der Waals surface area contributed by atoms with Crippen LogP contribution in [0.2, 0.25) is 0 Å². The average molecular weight is 345 g/mol. The molecule has 0 saturated carbocycles. The molecule has 1 aliphatic rings. The second kappa shape index (κ2) is 10.0. The van der Waals surface area contributed by atoms with Gasteiger partial charge in [0.25, 0.3) is 0 Å². The molecule has 1 aromatic heterocycles. The van der Waals surface area contributed by atoms with E-state index in [4.69, 9.17) is 0 Å². The number of nitrogens with zero attached hydrogens (tertiary/aromatic N) is 1. The molecule has 1 aliphatic heterocycles. The summed E-state index contributed by atoms with van der Waals surface area (Å²) in [6.07, 6.45) is 20.6. The van der Waals surface area contributed by atoms with Crippen molar-refractivity contribution >= 4 is 0 Å². The molecule has 0 aromatic carbocycles. The van der Waals surface area contributed by atoms with E-state index in [0.717, 1.165) is 34.5 Å². The third kappa shape index (κ3) is 4.73. The average Bonchev–Trinajstić information content (AvgIpc) is 3.11. The Bertz CT molecular complexity index is 777. The van der Waals surface area contributed by atoms with Gasteiger partial charge in [0, 0.05) is 12.4 Å². The van der Waals surface area contributed by atoms with Crippen molar-refractivity contribution in [1.29, 1.82) is 0 Å². The maximum atomic E-state index is 4.11. The predicted octanol–water partition coefficient (Wildman–Crippen LogP) is 5.25. The Kier molecular flexibility index (Phi) is 7.44. The van der Waals surface area contributed by atoms with Crippen LogP contribution in [-0.2, 0) is 0 Å². The van der Waals surface area contributed by atoms with E-state index in [1.165, 1.54) is 0 Å². The summed E-state index contributed by atoms with van der Waals surface area (Å²) >= 11 is 0. The van der Waals surface area contributed by atoms with Gasteiger partial charge in [0.2, 0.25) is 0 Å². The summed E-state index contributed by atoms with van der Waals surface area (Å²) in [6, 6.07) is 4.02. The highest BCUT2D eigenvalue weighted by Gasteiger charge is 2.26. The van der Waals surface area contributed by atoms with Crippen LogP contribution < -0.4 is 10.6 Å². The summed E-state index contributed by atoms with van der Waals surface area (Å²) in [5.41, 5.74) is 5.37. The van der Waals surface area contributed by atoms with Crippen LogP contribution in [0.25, 0.3) is 0 Å². The molecule has 3 heteroatoms. The van der Waals surface area contributed by atoms with Crippen molar-refractivity contribution < 1.29 is 0 Å². The number of pyridine rings is 1. The van der Waals surface area contributed by atoms with Gasteiger partial charge in [-0.3, -0.25) is 4.98 Å². The van der Waals surface area contributed by atoms with Crippen molar-refractivity contribution in [3.05, 3.63) is 114 Å². The summed E-state index contributed by atoms with van der Waals surface area (Å²) in [7, 11) is 0. The first-order valence-electron chi connectivity index (χ1n) is 8.87. The minimum absolute atomic E-state index is 0.0234. The van der Waals surface area contributed by atoms with Gasteiger partial charge in [-0.1, -0.05) is 68.7 Å². The third-order valence-electron chi connectivity index (χ3n) is 3.92. The van der Waals surface area contributed by atoms with Gasteiger partial charge in [-0.25, -0.2) is 0 Å². The normalized spacial score (nSPS) is 18.3. The SMILES string of the molecule is C=C/C=C(\C=C/C)C1=C(C(/C=C\CC)=C/C=C)NC(c2ccncc2)N1. The Balaban J connectivity index is 2.53. The first kappa shape index (κ1) is 19.3. The smallest absolute Gasteiger partial charge is 0.123 e. The zero-order valence-corrected chi connectivity index (χ0v) is 15.6. The second-order valence-corrected chi connectivity index (χ2v) is 5.78. The van der Waals surface area contributed by atoms with Crippen LogP contribution in [-0.4, -0.2) is 4.98 Å². The van der Waals surface area contributed by atoms with Crippen molar-refractivity contribution in [3.63, 3.8) is 0 Å². The Morgan fingerprint density at radius 3 is 2.12 bits per heavy atom. The molecule has 1 aromatic rings. The summed E-state index contributed by atoms with van der Waals surface area (Å²) < 4.78 is 0. The van der Waals surface area contributed by atoms with Gasteiger partial charge in [0.05, 0.1) is 11.4 Å². The summed E-state index contributed by atoms with van der Waals surface area (Å²) in [5.74, 6) is 0. The molecule has 0 amide bonds. The van der Waals surface area contributed by atoms with E-state index >= 15 is 0 Å². The molecule has 0 saturated heterocycles. The van der Waals surface area contributed by atoms with Crippen molar-refractivity contribution in [1.82, 2.24) is 15.6 Å². The van der Waals surface area contributed by atoms with Crippen molar-refractivity contribution in [2.75, 3.05) is 0 Å². The molecular weight excluding hydrogens is 318 g/mol. The summed E-state index contributed by atoms with van der Waals surface area (Å²) in [4.78, 5) is 4.11. The van der Waals surface area contributed by atoms with Gasteiger partial charge in [-0.2, -0.15) is 0 Å². The Morgan fingerprint density at radius 2 is 1.62 bits per heavy atom. The van der Waals surface area contributed by atoms with Crippen LogP contribution in [0.4, 0.5) is 0 Å². The van der Waals surface area contributed by atoms with E-state index < -0.39 is 0 Å². The molecule has 0 fully saturated rings. The molecule has 0 bridgehead atoms. The largest absolute Gasteiger partial charge is 0.359 e. The zero-order valence-electron chi connectivity index (χ0n) is 15.6. The quantitative estimate of drug-likeness (QED) is 0.632. The fraction of sp³-hybridized carbons (Fsp3) is 0.174. The summed E-state index contributed by atoms with van der Waals surface area (Å²) in [5, 5.41) is 7.22. The van der Waals surface area contributed by atoms with Crippen LogP contribution in [0.3, 0.4) is 0 Å². The van der Waals surface area contributed by atoms with Crippen molar-refractivity contribution in [3.8, 4) is 0 Å². The number of aromatic nitrogens is 1. The molecule has 1 atom stereocenters. The predicted molar refractivity (Wildman–Crippen MR) is 111 cm³/mol. The first-order chi connectivity index (χ1) is 12.7. The maximum absolute atomic E-state index is 4.11. The van der Waals surface area contributed by atoms with Crippen LogP contribution in [0.5, 0.6) is 0 Å². The van der Waals surface area contributed by atoms with Gasteiger partial charge < -0.3 is 10.6 Å². The topological polar surface area (TPSA) is 37.0 Å². The van der Waals surface area contributed by atoms with E-state index in [-0.39, 0.29) is 6.17 Å². The molecule has 2 N–H and O–H groups in total. The minimum atomic E-state index is -0.0234. The number of rotatable bonds is 8. The van der Waals surface area contributed by atoms with Crippen LogP contribution in [0.15, 0.2) is 109 Å². The highest BCUT2D eigenvalue weighted by Crippen LogP contribution is 2.29. The molecule has 0 spiro atoms. The number of nitrogens with one attached hydrogen (secondary N) is 2. The molecule has 134 valence electrons. The van der Waals surface area contributed by atoms with Crippen LogP contribution >= 0.6 is 0 Å². The summed E-state index contributed by atoms with van der Waals surface area (Å²) in [6.45, 7) is 11.9. The standard InChI is InChI=1S/C23H27N3/c1-5-9-13-19(12-8-4)22-21(18(10-6-2)11-7-3)25-23(26-22)20-14-16-24-17-15-20/h6-17,23,25-26H,2,4-5H2,1,3H3/b11-7-,13-9-,18-10+,19-12+. The lowest BCUT2D eigenvalue weighted by atomic mass is 10.0. The third-order valence-corrected chi connectivity index (χ3v) is 3.92. The van der Waals surface area contributed by atoms with Gasteiger partial charge in [0.15, 0.2) is 0 Å². The molecular formula is C23H27N3. The van der Waals surface area contributed by atoms with Crippen LogP contribution in [0, 0.1) is 0 Å². The first-order valence-corrected chi connectivity index (χ1v) is 8.87. The highest BCUT2D eigenvalue weighted by atomic mass is 15.2. The molecule has 2 rings (SSSR count). The fourth-order valence-corrected chi connectivity index (χ4v) is 2.77. The van der Waals surface area contributed by atoms with E-state index in [9.17, 15) is 0 Å². The van der Waals surface area contributed by atoms with Crippen LogP contribution in [0.1, 0.15) is 32.0 Å². The van der Waals surface area contributed by atoms with Gasteiger partial charge in [-0.15, -0.1) is 0 Å². The number of allylic oxidation sites excluding steroid dienone is 8. The molecule has 2 heterocycles. The van der Waals surface area contributed by atoms with E-state index in [1.54, 1.807) is 18.5 Å². The molecule has 1 unspecified atom stereocenters. The Labute approximate surface area is 156 Å². The Morgan fingerprint density at radius 1 is 1.04 bits per heavy atom. The number of hydrogen-bond donors (Lipinski definition) is 2. The highest BCUT2D eigenvalue weighted by molar-refractivity contribution is 5.55. The molecule has 0 radical (unpaired) electrons. The lowest BCUT2D eigenvalue weighted by Gasteiger charge is -2.14. The van der Waals surface area contributed by atoms with Gasteiger partial charge >= 0.3 is 0 Å². The monoisotopic (exact) mass is 345 g/mol. The van der Waals surface area contributed by atoms with Gasteiger partial charge in [-0.05, 0) is 42.2 Å². The second-order valence-electron chi connectivity index (χ2n) is 5.78. The molecule has 3 nitrogen and oxygen atoms in total. The van der Waals surface area contributed by atoms with Crippen molar-refractivity contribution in [2.24, 2.45) is 0 Å². The maximum Gasteiger partial charge on any atom is 0.123 e. The van der Waals surface area contributed by atoms with E-state index in [1.807, 2.05) is 43.4 Å². The van der Waals surface area contributed by atoms with Crippen molar-refractivity contribution in [2.45, 2.75) is 26.4 Å². The zero-order chi connectivity index (χ0) is 18.8. The fourth-order valence-electron chi connectivity index (χ4n) is 2.77. The van der Waals surface area contributed by atoms with E-state index in [0.29, 0.717) is 0 Å². The number of hydrogen-bond acceptors (Lipinski definition) is 3. The van der Waals surface area contributed by atoms with Gasteiger partial charge in [0.1, 0.15) is 6.17 Å². The minimum Gasteiger partial charge on any atom is -0.359 e. The molecule has 26 heavy (non-hydrogen) atoms. The van der Waals surface area contributed by atoms with E-state index in [2.05, 4.69) is 53.9 Å². The lowest BCUT2D eigenvalue weighted by Crippen LogP contribution is -2.24. The Hall–Kier alpha value is -3.07. The molecule has 0 aliphatic carbocycles.